The molecule has 0 fully saturated rings. The maximum absolute atomic E-state index is 9.80. The summed E-state index contributed by atoms with van der Waals surface area (Å²) < 4.78 is 12.3. The van der Waals surface area contributed by atoms with Crippen molar-refractivity contribution in [3.05, 3.63) is 75.6 Å². The number of aromatic amines is 1. The average molecular weight is 451 g/mol. The van der Waals surface area contributed by atoms with E-state index in [0.29, 0.717) is 11.5 Å². The van der Waals surface area contributed by atoms with Gasteiger partial charge in [0.15, 0.2) is 0 Å². The molecule has 1 atom stereocenters. The molecule has 29 heavy (non-hydrogen) atoms. The van der Waals surface area contributed by atoms with Crippen LogP contribution in [0.25, 0.3) is 11.3 Å². The number of fused-ring (bicyclic) bond motifs is 1. The lowest BCUT2D eigenvalue weighted by Crippen LogP contribution is -2.21. The molecule has 0 saturated heterocycles. The minimum Gasteiger partial charge on any atom is -0.491 e. The van der Waals surface area contributed by atoms with E-state index in [1.165, 1.54) is 0 Å². The highest BCUT2D eigenvalue weighted by molar-refractivity contribution is 9.10. The van der Waals surface area contributed by atoms with E-state index in [2.05, 4.69) is 32.2 Å². The van der Waals surface area contributed by atoms with Gasteiger partial charge in [-0.05, 0) is 49.7 Å². The van der Waals surface area contributed by atoms with Crippen molar-refractivity contribution >= 4 is 15.9 Å². The molecule has 1 aliphatic heterocycles. The van der Waals surface area contributed by atoms with Gasteiger partial charge in [-0.25, -0.2) is 0 Å². The average Bonchev–Trinajstić information content (AvgIpc) is 3.11. The summed E-state index contributed by atoms with van der Waals surface area (Å²) in [5, 5.41) is 17.2. The molecule has 146 valence electrons. The van der Waals surface area contributed by atoms with Crippen LogP contribution in [0.5, 0.6) is 11.6 Å². The number of hydrogen-bond donors (Lipinski definition) is 2. The lowest BCUT2D eigenvalue weighted by atomic mass is 9.83. The monoisotopic (exact) mass is 450 g/mol. The molecular weight excluding hydrogens is 432 g/mol. The first-order chi connectivity index (χ1) is 14.0. The molecule has 2 aromatic carbocycles. The SMILES string of the molecule is CC(C)Oc1ccc(-c2[nH]nc3c2[C@H](c2ccccc2Br)C(C#N)=C(N)O3)cc1. The zero-order valence-corrected chi connectivity index (χ0v) is 17.5. The highest BCUT2D eigenvalue weighted by Crippen LogP contribution is 2.47. The van der Waals surface area contributed by atoms with Crippen LogP contribution >= 0.6 is 15.9 Å². The van der Waals surface area contributed by atoms with E-state index in [4.69, 9.17) is 15.2 Å². The summed E-state index contributed by atoms with van der Waals surface area (Å²) in [6.45, 7) is 3.97. The molecular formula is C22H19BrN4O2. The second-order valence-electron chi connectivity index (χ2n) is 6.95. The van der Waals surface area contributed by atoms with Gasteiger partial charge in [0, 0.05) is 10.0 Å². The van der Waals surface area contributed by atoms with Crippen molar-refractivity contribution in [2.45, 2.75) is 25.9 Å². The largest absolute Gasteiger partial charge is 0.491 e. The lowest BCUT2D eigenvalue weighted by Gasteiger charge is -2.25. The number of nitrogens with two attached hydrogens (primary N) is 1. The van der Waals surface area contributed by atoms with Crippen molar-refractivity contribution in [1.82, 2.24) is 10.2 Å². The van der Waals surface area contributed by atoms with E-state index in [1.54, 1.807) is 0 Å². The maximum Gasteiger partial charge on any atom is 0.244 e. The van der Waals surface area contributed by atoms with Crippen LogP contribution in [0.15, 0.2) is 64.5 Å². The van der Waals surface area contributed by atoms with Gasteiger partial charge >= 0.3 is 0 Å². The first kappa shape index (κ1) is 19.1. The molecule has 4 rings (SSSR count). The molecule has 1 aliphatic rings. The summed E-state index contributed by atoms with van der Waals surface area (Å²) in [7, 11) is 0. The molecule has 7 heteroatoms. The maximum atomic E-state index is 9.80. The Labute approximate surface area is 177 Å². The number of nitriles is 1. The van der Waals surface area contributed by atoms with Gasteiger partial charge < -0.3 is 15.2 Å². The Bertz CT molecular complexity index is 1130. The summed E-state index contributed by atoms with van der Waals surface area (Å²) in [5.74, 6) is 0.830. The number of rotatable bonds is 4. The topological polar surface area (TPSA) is 97.0 Å². The Kier molecular flexibility index (Phi) is 5.03. The summed E-state index contributed by atoms with van der Waals surface area (Å²) in [6.07, 6.45) is 0.0975. The van der Waals surface area contributed by atoms with Crippen molar-refractivity contribution in [3.8, 4) is 29.0 Å². The molecule has 0 spiro atoms. The highest BCUT2D eigenvalue weighted by Gasteiger charge is 2.36. The number of nitrogens with zero attached hydrogens (tertiary/aromatic N) is 2. The zero-order valence-electron chi connectivity index (χ0n) is 15.9. The van der Waals surface area contributed by atoms with Crippen molar-refractivity contribution in [2.24, 2.45) is 5.73 Å². The smallest absolute Gasteiger partial charge is 0.244 e. The fraction of sp³-hybridized carbons (Fsp3) is 0.182. The van der Waals surface area contributed by atoms with Crippen molar-refractivity contribution in [1.29, 1.82) is 5.26 Å². The van der Waals surface area contributed by atoms with Gasteiger partial charge in [0.2, 0.25) is 11.8 Å². The van der Waals surface area contributed by atoms with Gasteiger partial charge in [-0.15, -0.1) is 5.10 Å². The molecule has 2 heterocycles. The highest BCUT2D eigenvalue weighted by atomic mass is 79.9. The van der Waals surface area contributed by atoms with E-state index in [9.17, 15) is 5.26 Å². The molecule has 0 aliphatic carbocycles. The molecule has 3 N–H and O–H groups in total. The van der Waals surface area contributed by atoms with E-state index >= 15 is 0 Å². The molecule has 0 saturated carbocycles. The third-order valence-electron chi connectivity index (χ3n) is 4.67. The van der Waals surface area contributed by atoms with Gasteiger partial charge in [-0.1, -0.05) is 34.1 Å². The van der Waals surface area contributed by atoms with E-state index in [-0.39, 0.29) is 12.0 Å². The number of ether oxygens (including phenoxy) is 2. The fourth-order valence-electron chi connectivity index (χ4n) is 3.46. The summed E-state index contributed by atoms with van der Waals surface area (Å²) >= 11 is 3.60. The standard InChI is InChI=1S/C22H19BrN4O2/c1-12(2)28-14-9-7-13(8-10-14)20-19-18(15-5-3-4-6-17(15)23)16(11-24)21(25)29-22(19)27-26-20/h3-10,12,18H,25H2,1-2H3,(H,26,27)/t18-/m1/s1. The molecule has 0 amide bonds. The predicted molar refractivity (Wildman–Crippen MR) is 113 cm³/mol. The van der Waals surface area contributed by atoms with Crippen molar-refractivity contribution in [2.75, 3.05) is 0 Å². The molecule has 0 radical (unpaired) electrons. The van der Waals surface area contributed by atoms with Crippen LogP contribution in [-0.4, -0.2) is 16.3 Å². The van der Waals surface area contributed by atoms with Crippen LogP contribution in [0.1, 0.15) is 30.9 Å². The number of hydrogen-bond acceptors (Lipinski definition) is 5. The Morgan fingerprint density at radius 3 is 2.59 bits per heavy atom. The van der Waals surface area contributed by atoms with Crippen LogP contribution in [0, 0.1) is 11.3 Å². The third kappa shape index (κ3) is 3.47. The normalized spacial score (nSPS) is 15.6. The Balaban J connectivity index is 1.85. The van der Waals surface area contributed by atoms with E-state index in [1.807, 2.05) is 62.4 Å². The summed E-state index contributed by atoms with van der Waals surface area (Å²) in [6, 6.07) is 17.7. The first-order valence-electron chi connectivity index (χ1n) is 9.17. The number of H-pyrrole nitrogens is 1. The van der Waals surface area contributed by atoms with Gasteiger partial charge in [0.25, 0.3) is 0 Å². The van der Waals surface area contributed by atoms with Gasteiger partial charge in [-0.3, -0.25) is 5.10 Å². The first-order valence-corrected chi connectivity index (χ1v) is 9.96. The Morgan fingerprint density at radius 1 is 1.21 bits per heavy atom. The molecule has 0 bridgehead atoms. The molecule has 6 nitrogen and oxygen atoms in total. The zero-order chi connectivity index (χ0) is 20.5. The number of nitrogens with one attached hydrogen (secondary N) is 1. The fourth-order valence-corrected chi connectivity index (χ4v) is 3.97. The third-order valence-corrected chi connectivity index (χ3v) is 5.39. The van der Waals surface area contributed by atoms with Gasteiger partial charge in [0.05, 0.1) is 23.3 Å². The van der Waals surface area contributed by atoms with E-state index < -0.39 is 5.92 Å². The number of allylic oxidation sites excluding steroid dienone is 1. The quantitative estimate of drug-likeness (QED) is 0.592. The molecule has 3 aromatic rings. The van der Waals surface area contributed by atoms with Crippen molar-refractivity contribution < 1.29 is 9.47 Å². The second kappa shape index (κ2) is 7.64. The van der Waals surface area contributed by atoms with E-state index in [0.717, 1.165) is 32.6 Å². The van der Waals surface area contributed by atoms with Crippen LogP contribution in [0.2, 0.25) is 0 Å². The lowest BCUT2D eigenvalue weighted by molar-refractivity contribution is 0.242. The predicted octanol–water partition coefficient (Wildman–Crippen LogP) is 4.84. The van der Waals surface area contributed by atoms with Crippen LogP contribution < -0.4 is 15.2 Å². The second-order valence-corrected chi connectivity index (χ2v) is 7.81. The number of halogens is 1. The van der Waals surface area contributed by atoms with Gasteiger partial charge in [0.1, 0.15) is 17.4 Å². The van der Waals surface area contributed by atoms with Crippen LogP contribution in [-0.2, 0) is 0 Å². The minimum absolute atomic E-state index is 0.0690. The number of aromatic nitrogens is 2. The minimum atomic E-state index is -0.403. The van der Waals surface area contributed by atoms with Crippen molar-refractivity contribution in [3.63, 3.8) is 0 Å². The van der Waals surface area contributed by atoms with Crippen LogP contribution in [0.4, 0.5) is 0 Å². The van der Waals surface area contributed by atoms with Gasteiger partial charge in [-0.2, -0.15) is 5.26 Å². The molecule has 0 unspecified atom stereocenters. The number of benzene rings is 2. The summed E-state index contributed by atoms with van der Waals surface area (Å²) in [5.41, 5.74) is 9.78. The van der Waals surface area contributed by atoms with Crippen LogP contribution in [0.3, 0.4) is 0 Å². The Morgan fingerprint density at radius 2 is 1.93 bits per heavy atom. The Hall–Kier alpha value is -3.24. The molecule has 1 aromatic heterocycles. The summed E-state index contributed by atoms with van der Waals surface area (Å²) in [4.78, 5) is 0.